The first kappa shape index (κ1) is 19.2. The standard InChI is InChI=1S/C19H29N3O3/c1-4-22(19(24)14-21-11-9-15(2)10-12-21)13-18(23)20-16-7-5-6-8-17(16)25-3/h5-8,15H,4,9-14H2,1-3H3,(H,20,23). The monoisotopic (exact) mass is 347 g/mol. The Hall–Kier alpha value is -2.08. The molecule has 2 amide bonds. The number of carbonyl (C=O) groups excluding carboxylic acids is 2. The molecule has 138 valence electrons. The second-order valence-electron chi connectivity index (χ2n) is 6.62. The Morgan fingerprint density at radius 2 is 1.96 bits per heavy atom. The average Bonchev–Trinajstić information content (AvgIpc) is 2.62. The molecular weight excluding hydrogens is 318 g/mol. The van der Waals surface area contributed by atoms with Gasteiger partial charge in [0.25, 0.3) is 0 Å². The highest BCUT2D eigenvalue weighted by molar-refractivity contribution is 5.95. The minimum atomic E-state index is -0.216. The molecule has 0 spiro atoms. The molecular formula is C19H29N3O3. The van der Waals surface area contributed by atoms with Crippen molar-refractivity contribution in [1.82, 2.24) is 9.80 Å². The summed E-state index contributed by atoms with van der Waals surface area (Å²) in [5.74, 6) is 1.13. The second-order valence-corrected chi connectivity index (χ2v) is 6.62. The van der Waals surface area contributed by atoms with Crippen LogP contribution in [0.1, 0.15) is 26.7 Å². The van der Waals surface area contributed by atoms with E-state index >= 15 is 0 Å². The number of piperidine rings is 1. The second kappa shape index (κ2) is 9.42. The minimum Gasteiger partial charge on any atom is -0.495 e. The van der Waals surface area contributed by atoms with Crippen molar-refractivity contribution in [1.29, 1.82) is 0 Å². The number of para-hydroxylation sites is 2. The Morgan fingerprint density at radius 1 is 1.28 bits per heavy atom. The summed E-state index contributed by atoms with van der Waals surface area (Å²) in [6.45, 7) is 7.02. The number of likely N-dealkylation sites (tertiary alicyclic amines) is 1. The molecule has 1 heterocycles. The Kier molecular flexibility index (Phi) is 7.25. The van der Waals surface area contributed by atoms with Crippen molar-refractivity contribution >= 4 is 17.5 Å². The number of methoxy groups -OCH3 is 1. The molecule has 0 saturated carbocycles. The summed E-state index contributed by atoms with van der Waals surface area (Å²) < 4.78 is 5.23. The summed E-state index contributed by atoms with van der Waals surface area (Å²) in [6.07, 6.45) is 2.27. The van der Waals surface area contributed by atoms with Crippen molar-refractivity contribution in [2.45, 2.75) is 26.7 Å². The van der Waals surface area contributed by atoms with Crippen LogP contribution >= 0.6 is 0 Å². The van der Waals surface area contributed by atoms with Crippen LogP contribution in [-0.4, -0.2) is 61.4 Å². The van der Waals surface area contributed by atoms with Gasteiger partial charge in [0.1, 0.15) is 5.75 Å². The van der Waals surface area contributed by atoms with E-state index in [-0.39, 0.29) is 18.4 Å². The maximum atomic E-state index is 12.5. The fourth-order valence-corrected chi connectivity index (χ4v) is 3.00. The summed E-state index contributed by atoms with van der Waals surface area (Å²) >= 11 is 0. The molecule has 1 aromatic rings. The Bertz CT molecular complexity index is 583. The van der Waals surface area contributed by atoms with Crippen LogP contribution in [0.4, 0.5) is 5.69 Å². The fraction of sp³-hybridized carbons (Fsp3) is 0.579. The molecule has 0 unspecified atom stereocenters. The quantitative estimate of drug-likeness (QED) is 0.821. The lowest BCUT2D eigenvalue weighted by Gasteiger charge is -2.31. The van der Waals surface area contributed by atoms with E-state index in [4.69, 9.17) is 4.74 Å². The molecule has 25 heavy (non-hydrogen) atoms. The van der Waals surface area contributed by atoms with E-state index in [1.54, 1.807) is 24.1 Å². The van der Waals surface area contributed by atoms with Crippen molar-refractivity contribution in [3.05, 3.63) is 24.3 Å². The van der Waals surface area contributed by atoms with Crippen LogP contribution in [0.3, 0.4) is 0 Å². The van der Waals surface area contributed by atoms with Gasteiger partial charge in [-0.05, 0) is 50.9 Å². The molecule has 1 fully saturated rings. The first-order valence-electron chi connectivity index (χ1n) is 8.96. The number of nitrogens with zero attached hydrogens (tertiary/aromatic N) is 2. The van der Waals surface area contributed by atoms with E-state index in [2.05, 4.69) is 17.1 Å². The lowest BCUT2D eigenvalue weighted by atomic mass is 9.99. The van der Waals surface area contributed by atoms with Gasteiger partial charge >= 0.3 is 0 Å². The summed E-state index contributed by atoms with van der Waals surface area (Å²) in [6, 6.07) is 7.24. The highest BCUT2D eigenvalue weighted by Gasteiger charge is 2.22. The van der Waals surface area contributed by atoms with Crippen LogP contribution in [0.25, 0.3) is 0 Å². The molecule has 2 rings (SSSR count). The number of anilines is 1. The van der Waals surface area contributed by atoms with Gasteiger partial charge in [-0.15, -0.1) is 0 Å². The average molecular weight is 347 g/mol. The van der Waals surface area contributed by atoms with Crippen LogP contribution in [-0.2, 0) is 9.59 Å². The third-order valence-electron chi connectivity index (χ3n) is 4.69. The largest absolute Gasteiger partial charge is 0.495 e. The number of hydrogen-bond donors (Lipinski definition) is 1. The molecule has 6 nitrogen and oxygen atoms in total. The van der Waals surface area contributed by atoms with Gasteiger partial charge in [-0.25, -0.2) is 0 Å². The molecule has 0 atom stereocenters. The first-order valence-corrected chi connectivity index (χ1v) is 8.96. The maximum Gasteiger partial charge on any atom is 0.244 e. The van der Waals surface area contributed by atoms with Crippen molar-refractivity contribution in [2.75, 3.05) is 45.2 Å². The summed E-state index contributed by atoms with van der Waals surface area (Å²) in [7, 11) is 1.56. The zero-order chi connectivity index (χ0) is 18.2. The number of hydrogen-bond acceptors (Lipinski definition) is 4. The number of ether oxygens (including phenoxy) is 1. The highest BCUT2D eigenvalue weighted by Crippen LogP contribution is 2.22. The summed E-state index contributed by atoms with van der Waals surface area (Å²) in [5, 5.41) is 2.82. The van der Waals surface area contributed by atoms with Crippen molar-refractivity contribution in [2.24, 2.45) is 5.92 Å². The molecule has 0 aromatic heterocycles. The predicted molar refractivity (Wildman–Crippen MR) is 98.7 cm³/mol. The predicted octanol–water partition coefficient (Wildman–Crippen LogP) is 2.21. The van der Waals surface area contributed by atoms with Crippen LogP contribution < -0.4 is 10.1 Å². The number of likely N-dealkylation sites (N-methyl/N-ethyl adjacent to an activating group) is 1. The zero-order valence-electron chi connectivity index (χ0n) is 15.5. The molecule has 1 aromatic carbocycles. The maximum absolute atomic E-state index is 12.5. The van der Waals surface area contributed by atoms with Gasteiger partial charge in [-0.1, -0.05) is 19.1 Å². The van der Waals surface area contributed by atoms with Crippen LogP contribution in [0.15, 0.2) is 24.3 Å². The van der Waals surface area contributed by atoms with Gasteiger partial charge in [0.2, 0.25) is 11.8 Å². The molecule has 6 heteroatoms. The fourth-order valence-electron chi connectivity index (χ4n) is 3.00. The smallest absolute Gasteiger partial charge is 0.244 e. The molecule has 1 N–H and O–H groups in total. The van der Waals surface area contributed by atoms with Gasteiger partial charge in [0.05, 0.1) is 25.9 Å². The van der Waals surface area contributed by atoms with Crippen LogP contribution in [0, 0.1) is 5.92 Å². The number of amides is 2. The molecule has 1 saturated heterocycles. The highest BCUT2D eigenvalue weighted by atomic mass is 16.5. The molecule has 0 radical (unpaired) electrons. The van der Waals surface area contributed by atoms with E-state index in [9.17, 15) is 9.59 Å². The van der Waals surface area contributed by atoms with Gasteiger partial charge in [0, 0.05) is 6.54 Å². The van der Waals surface area contributed by atoms with Crippen molar-refractivity contribution in [3.63, 3.8) is 0 Å². The normalized spacial score (nSPS) is 15.6. The van der Waals surface area contributed by atoms with Crippen LogP contribution in [0.5, 0.6) is 5.75 Å². The number of nitrogens with one attached hydrogen (secondary N) is 1. The van der Waals surface area contributed by atoms with Gasteiger partial charge < -0.3 is 15.0 Å². The van der Waals surface area contributed by atoms with Crippen LogP contribution in [0.2, 0.25) is 0 Å². The number of carbonyl (C=O) groups is 2. The molecule has 0 bridgehead atoms. The number of benzene rings is 1. The van der Waals surface area contributed by atoms with Gasteiger partial charge in [0.15, 0.2) is 0 Å². The van der Waals surface area contributed by atoms with E-state index in [1.807, 2.05) is 19.1 Å². The third-order valence-corrected chi connectivity index (χ3v) is 4.69. The zero-order valence-corrected chi connectivity index (χ0v) is 15.5. The Balaban J connectivity index is 1.87. The van der Waals surface area contributed by atoms with E-state index in [1.165, 1.54) is 0 Å². The van der Waals surface area contributed by atoms with Gasteiger partial charge in [-0.2, -0.15) is 0 Å². The number of rotatable bonds is 7. The molecule has 1 aliphatic rings. The van der Waals surface area contributed by atoms with Crippen molar-refractivity contribution < 1.29 is 14.3 Å². The molecule has 0 aliphatic carbocycles. The molecule has 1 aliphatic heterocycles. The van der Waals surface area contributed by atoms with Crippen molar-refractivity contribution in [3.8, 4) is 5.75 Å². The lowest BCUT2D eigenvalue weighted by molar-refractivity contribution is -0.135. The minimum absolute atomic E-state index is 0.00669. The van der Waals surface area contributed by atoms with E-state index < -0.39 is 0 Å². The topological polar surface area (TPSA) is 61.9 Å². The Morgan fingerprint density at radius 3 is 2.60 bits per heavy atom. The van der Waals surface area contributed by atoms with Gasteiger partial charge in [-0.3, -0.25) is 14.5 Å². The summed E-state index contributed by atoms with van der Waals surface area (Å²) in [4.78, 5) is 28.6. The lowest BCUT2D eigenvalue weighted by Crippen LogP contribution is -2.45. The summed E-state index contributed by atoms with van der Waals surface area (Å²) in [5.41, 5.74) is 0.614. The van der Waals surface area contributed by atoms with E-state index in [0.29, 0.717) is 24.5 Å². The third kappa shape index (κ3) is 5.74. The first-order chi connectivity index (χ1) is 12.0. The Labute approximate surface area is 150 Å². The SMILES string of the molecule is CCN(CC(=O)Nc1ccccc1OC)C(=O)CN1CCC(C)CC1. The van der Waals surface area contributed by atoms with E-state index in [0.717, 1.165) is 31.8 Å².